The number of hydrogen-bond acceptors (Lipinski definition) is 7. The van der Waals surface area contributed by atoms with Gasteiger partial charge in [0.05, 0.1) is 47.7 Å². The van der Waals surface area contributed by atoms with Gasteiger partial charge in [-0.2, -0.15) is 0 Å². The van der Waals surface area contributed by atoms with E-state index in [-0.39, 0.29) is 18.5 Å². The molecule has 3 aromatic heterocycles. The lowest BCUT2D eigenvalue weighted by atomic mass is 10.1. The highest BCUT2D eigenvalue weighted by molar-refractivity contribution is 5.85. The Balaban J connectivity index is 1.20. The molecule has 10 heteroatoms. The van der Waals surface area contributed by atoms with Crippen molar-refractivity contribution in [1.82, 2.24) is 34.3 Å². The van der Waals surface area contributed by atoms with Gasteiger partial charge in [0.2, 0.25) is 11.8 Å². The standard InChI is InChI=1S/C32H35N7O3/c1-21-34-26-9-5-6-10-28(26)39(21)19-30(40)38-13-12-37(17-22-11-14-42-20-22)18-29(38)31-33-16-27(35-31)24-15-23-7-3-4-8-25(23)36-32(24)41-2/h3-10,15-16,22,29H,11-14,17-20H2,1-2H3,(H,33,35)/t22-,29+/m1/s1. The van der Waals surface area contributed by atoms with E-state index in [2.05, 4.69) is 20.9 Å². The van der Waals surface area contributed by atoms with Crippen LogP contribution in [0.1, 0.15) is 24.1 Å². The van der Waals surface area contributed by atoms with Gasteiger partial charge < -0.3 is 23.9 Å². The molecule has 0 aliphatic carbocycles. The lowest BCUT2D eigenvalue weighted by Crippen LogP contribution is -2.52. The molecule has 42 heavy (non-hydrogen) atoms. The summed E-state index contributed by atoms with van der Waals surface area (Å²) in [5.74, 6) is 2.70. The summed E-state index contributed by atoms with van der Waals surface area (Å²) in [6, 6.07) is 17.8. The Morgan fingerprint density at radius 1 is 1.10 bits per heavy atom. The van der Waals surface area contributed by atoms with Crippen LogP contribution in [0.25, 0.3) is 33.2 Å². The first-order chi connectivity index (χ1) is 20.6. The maximum atomic E-state index is 14.0. The monoisotopic (exact) mass is 565 g/mol. The van der Waals surface area contributed by atoms with Crippen LogP contribution in [-0.4, -0.2) is 86.7 Å². The molecule has 0 bridgehead atoms. The summed E-state index contributed by atoms with van der Waals surface area (Å²) in [5, 5.41) is 1.02. The zero-order valence-electron chi connectivity index (χ0n) is 24.0. The van der Waals surface area contributed by atoms with E-state index in [1.807, 2.05) is 71.1 Å². The van der Waals surface area contributed by atoms with Crippen LogP contribution >= 0.6 is 0 Å². The molecule has 0 saturated carbocycles. The first-order valence-electron chi connectivity index (χ1n) is 14.6. The van der Waals surface area contributed by atoms with E-state index in [0.29, 0.717) is 24.9 Å². The van der Waals surface area contributed by atoms with E-state index in [1.54, 1.807) is 7.11 Å². The molecule has 10 nitrogen and oxygen atoms in total. The molecule has 0 radical (unpaired) electrons. The highest BCUT2D eigenvalue weighted by Crippen LogP contribution is 2.33. The van der Waals surface area contributed by atoms with Gasteiger partial charge in [-0.3, -0.25) is 9.69 Å². The number of amides is 1. The number of aromatic amines is 1. The third-order valence-electron chi connectivity index (χ3n) is 8.55. The van der Waals surface area contributed by atoms with Crippen LogP contribution < -0.4 is 4.74 Å². The summed E-state index contributed by atoms with van der Waals surface area (Å²) < 4.78 is 13.3. The summed E-state index contributed by atoms with van der Waals surface area (Å²) >= 11 is 0. The van der Waals surface area contributed by atoms with Crippen molar-refractivity contribution in [2.24, 2.45) is 5.92 Å². The van der Waals surface area contributed by atoms with Crippen LogP contribution in [-0.2, 0) is 16.1 Å². The fourth-order valence-electron chi connectivity index (χ4n) is 6.34. The Morgan fingerprint density at radius 2 is 1.93 bits per heavy atom. The molecule has 0 spiro atoms. The number of piperazine rings is 1. The van der Waals surface area contributed by atoms with Gasteiger partial charge in [0.15, 0.2) is 0 Å². The number of methoxy groups -OCH3 is 1. The quantitative estimate of drug-likeness (QED) is 0.315. The Bertz CT molecular complexity index is 1740. The molecule has 0 unspecified atom stereocenters. The van der Waals surface area contributed by atoms with Crippen molar-refractivity contribution in [3.63, 3.8) is 0 Å². The van der Waals surface area contributed by atoms with Gasteiger partial charge in [0.1, 0.15) is 24.2 Å². The Kier molecular flexibility index (Phi) is 7.09. The average Bonchev–Trinajstić information content (AvgIpc) is 3.78. The number of hydrogen-bond donors (Lipinski definition) is 1. The van der Waals surface area contributed by atoms with E-state index >= 15 is 0 Å². The summed E-state index contributed by atoms with van der Waals surface area (Å²) in [6.07, 6.45) is 2.90. The van der Waals surface area contributed by atoms with Crippen LogP contribution in [0.5, 0.6) is 5.88 Å². The van der Waals surface area contributed by atoms with Crippen molar-refractivity contribution in [2.75, 3.05) is 46.5 Å². The van der Waals surface area contributed by atoms with Crippen molar-refractivity contribution in [2.45, 2.75) is 25.9 Å². The van der Waals surface area contributed by atoms with E-state index in [1.165, 1.54) is 0 Å². The van der Waals surface area contributed by atoms with Gasteiger partial charge in [0, 0.05) is 38.2 Å². The number of imidazole rings is 2. The number of fused-ring (bicyclic) bond motifs is 2. The third kappa shape index (κ3) is 5.01. The number of benzene rings is 2. The topological polar surface area (TPSA) is 101 Å². The number of rotatable bonds is 7. The highest BCUT2D eigenvalue weighted by atomic mass is 16.5. The summed E-state index contributed by atoms with van der Waals surface area (Å²) in [4.78, 5) is 36.2. The van der Waals surface area contributed by atoms with E-state index in [4.69, 9.17) is 19.4 Å². The molecule has 7 rings (SSSR count). The van der Waals surface area contributed by atoms with E-state index in [9.17, 15) is 4.79 Å². The molecule has 2 atom stereocenters. The molecule has 2 aliphatic rings. The molecular formula is C32H35N7O3. The van der Waals surface area contributed by atoms with Crippen molar-refractivity contribution in [3.05, 3.63) is 72.4 Å². The first-order valence-corrected chi connectivity index (χ1v) is 14.6. The maximum absolute atomic E-state index is 14.0. The minimum Gasteiger partial charge on any atom is -0.480 e. The number of aryl methyl sites for hydroxylation is 1. The molecule has 2 aliphatic heterocycles. The van der Waals surface area contributed by atoms with Gasteiger partial charge in [-0.05, 0) is 43.5 Å². The maximum Gasteiger partial charge on any atom is 0.243 e. The van der Waals surface area contributed by atoms with E-state index < -0.39 is 0 Å². The van der Waals surface area contributed by atoms with Crippen LogP contribution in [0.3, 0.4) is 0 Å². The molecule has 5 aromatic rings. The van der Waals surface area contributed by atoms with Crippen molar-refractivity contribution < 1.29 is 14.3 Å². The van der Waals surface area contributed by atoms with Crippen molar-refractivity contribution in [3.8, 4) is 17.1 Å². The molecule has 5 heterocycles. The van der Waals surface area contributed by atoms with Gasteiger partial charge >= 0.3 is 0 Å². The number of carbonyl (C=O) groups excluding carboxylic acids is 1. The molecule has 1 amide bonds. The second-order valence-electron chi connectivity index (χ2n) is 11.2. The number of nitrogens with zero attached hydrogens (tertiary/aromatic N) is 6. The summed E-state index contributed by atoms with van der Waals surface area (Å²) in [6.45, 7) is 6.92. The van der Waals surface area contributed by atoms with Crippen LogP contribution in [0.2, 0.25) is 0 Å². The van der Waals surface area contributed by atoms with Gasteiger partial charge in [-0.25, -0.2) is 15.0 Å². The molecule has 2 saturated heterocycles. The number of pyridine rings is 1. The predicted octanol–water partition coefficient (Wildman–Crippen LogP) is 4.21. The van der Waals surface area contributed by atoms with Crippen LogP contribution in [0, 0.1) is 12.8 Å². The average molecular weight is 566 g/mol. The Labute approximate surface area is 244 Å². The van der Waals surface area contributed by atoms with Gasteiger partial charge in [-0.15, -0.1) is 0 Å². The molecule has 2 aromatic carbocycles. The smallest absolute Gasteiger partial charge is 0.243 e. The number of para-hydroxylation sites is 3. The Morgan fingerprint density at radius 3 is 2.76 bits per heavy atom. The largest absolute Gasteiger partial charge is 0.480 e. The van der Waals surface area contributed by atoms with Crippen molar-refractivity contribution in [1.29, 1.82) is 0 Å². The van der Waals surface area contributed by atoms with Gasteiger partial charge in [0.25, 0.3) is 0 Å². The zero-order chi connectivity index (χ0) is 28.6. The number of H-pyrrole nitrogens is 1. The van der Waals surface area contributed by atoms with E-state index in [0.717, 1.165) is 77.6 Å². The number of ether oxygens (including phenoxy) is 2. The Hall–Kier alpha value is -4.28. The first kappa shape index (κ1) is 26.6. The second kappa shape index (κ2) is 11.2. The molecule has 1 N–H and O–H groups in total. The predicted molar refractivity (Wildman–Crippen MR) is 160 cm³/mol. The third-order valence-corrected chi connectivity index (χ3v) is 8.55. The minimum absolute atomic E-state index is 0.0537. The van der Waals surface area contributed by atoms with Gasteiger partial charge in [-0.1, -0.05) is 30.3 Å². The molecular weight excluding hydrogens is 530 g/mol. The summed E-state index contributed by atoms with van der Waals surface area (Å²) in [5.41, 5.74) is 4.39. The molecule has 2 fully saturated rings. The normalized spacial score (nSPS) is 19.6. The fourth-order valence-corrected chi connectivity index (χ4v) is 6.34. The lowest BCUT2D eigenvalue weighted by molar-refractivity contribution is -0.137. The highest BCUT2D eigenvalue weighted by Gasteiger charge is 2.35. The zero-order valence-corrected chi connectivity index (χ0v) is 24.0. The molecule has 216 valence electrons. The SMILES string of the molecule is COc1nc2ccccc2cc1-c1cnc([C@@H]2CN(C[C@H]3CCOC3)CCN2C(=O)Cn2c(C)nc3ccccc32)[nH]1. The number of nitrogens with one attached hydrogen (secondary N) is 1. The number of aromatic nitrogens is 5. The second-order valence-corrected chi connectivity index (χ2v) is 11.2. The van der Waals surface area contributed by atoms with Crippen LogP contribution in [0.4, 0.5) is 0 Å². The lowest BCUT2D eigenvalue weighted by Gasteiger charge is -2.41. The van der Waals surface area contributed by atoms with Crippen LogP contribution in [0.15, 0.2) is 60.8 Å². The van der Waals surface area contributed by atoms with Crippen molar-refractivity contribution >= 4 is 27.8 Å². The summed E-state index contributed by atoms with van der Waals surface area (Å²) in [7, 11) is 1.63. The fraction of sp³-hybridized carbons (Fsp3) is 0.375. The minimum atomic E-state index is -0.225. The number of carbonyl (C=O) groups is 1.